The number of hydrogen-bond acceptors (Lipinski definition) is 1. The summed E-state index contributed by atoms with van der Waals surface area (Å²) in [7, 11) is 0. The highest BCUT2D eigenvalue weighted by Crippen LogP contribution is 2.12. The fraction of sp³-hybridized carbons (Fsp3) is 0.533. The van der Waals surface area contributed by atoms with Gasteiger partial charge in [0.05, 0.1) is 0 Å². The first-order chi connectivity index (χ1) is 8.71. The Hall–Kier alpha value is -1.09. The zero-order valence-corrected chi connectivity index (χ0v) is 12.5. The van der Waals surface area contributed by atoms with Gasteiger partial charge in [-0.2, -0.15) is 0 Å². The summed E-state index contributed by atoms with van der Waals surface area (Å²) in [5, 5.41) is 4.13. The van der Waals surface area contributed by atoms with Gasteiger partial charge < -0.3 is 10.2 Å². The highest BCUT2D eigenvalue weighted by molar-refractivity contribution is 7.80. The number of nitrogens with one attached hydrogen (secondary N) is 1. The first kappa shape index (κ1) is 15.0. The van der Waals surface area contributed by atoms with Crippen molar-refractivity contribution in [2.75, 3.05) is 18.4 Å². The van der Waals surface area contributed by atoms with E-state index in [9.17, 15) is 0 Å². The van der Waals surface area contributed by atoms with E-state index in [1.54, 1.807) is 0 Å². The molecule has 100 valence electrons. The molecule has 0 aliphatic carbocycles. The van der Waals surface area contributed by atoms with Gasteiger partial charge in [0.15, 0.2) is 5.11 Å². The molecule has 1 rings (SSSR count). The van der Waals surface area contributed by atoms with Crippen LogP contribution in [0.5, 0.6) is 0 Å². The van der Waals surface area contributed by atoms with E-state index < -0.39 is 0 Å². The summed E-state index contributed by atoms with van der Waals surface area (Å²) in [5.41, 5.74) is 1.06. The summed E-state index contributed by atoms with van der Waals surface area (Å²) in [6.45, 7) is 8.64. The first-order valence-corrected chi connectivity index (χ1v) is 7.23. The van der Waals surface area contributed by atoms with Crippen LogP contribution in [0.15, 0.2) is 30.3 Å². The van der Waals surface area contributed by atoms with Crippen molar-refractivity contribution in [1.29, 1.82) is 0 Å². The molecule has 0 radical (unpaired) electrons. The first-order valence-electron chi connectivity index (χ1n) is 6.82. The van der Waals surface area contributed by atoms with Crippen molar-refractivity contribution in [1.82, 2.24) is 4.90 Å². The van der Waals surface area contributed by atoms with Gasteiger partial charge >= 0.3 is 0 Å². The summed E-state index contributed by atoms with van der Waals surface area (Å²) >= 11 is 5.49. The fourth-order valence-corrected chi connectivity index (χ4v) is 2.26. The van der Waals surface area contributed by atoms with Gasteiger partial charge in [-0.25, -0.2) is 0 Å². The van der Waals surface area contributed by atoms with Crippen molar-refractivity contribution < 1.29 is 0 Å². The molecule has 18 heavy (non-hydrogen) atoms. The zero-order valence-electron chi connectivity index (χ0n) is 11.6. The third kappa shape index (κ3) is 4.65. The Bertz CT molecular complexity index is 347. The smallest absolute Gasteiger partial charge is 0.173 e. The molecule has 0 atom stereocenters. The Morgan fingerprint density at radius 2 is 1.78 bits per heavy atom. The standard InChI is InChI=1S/C15H24N2S/c1-4-13(5-2)12-17(6-3)15(18)16-14-10-8-7-9-11-14/h7-11,13H,4-6,12H2,1-3H3,(H,16,18). The largest absolute Gasteiger partial charge is 0.349 e. The molecular formula is C15H24N2S. The molecule has 1 aromatic rings. The molecule has 1 aromatic carbocycles. The van der Waals surface area contributed by atoms with Gasteiger partial charge in [0, 0.05) is 18.8 Å². The Morgan fingerprint density at radius 3 is 2.28 bits per heavy atom. The second kappa shape index (κ2) is 8.09. The summed E-state index contributed by atoms with van der Waals surface area (Å²) in [4.78, 5) is 2.25. The number of nitrogens with zero attached hydrogens (tertiary/aromatic N) is 1. The summed E-state index contributed by atoms with van der Waals surface area (Å²) in [6, 6.07) is 10.1. The maximum Gasteiger partial charge on any atom is 0.173 e. The van der Waals surface area contributed by atoms with Gasteiger partial charge in [-0.3, -0.25) is 0 Å². The predicted octanol–water partition coefficient (Wildman–Crippen LogP) is 4.14. The van der Waals surface area contributed by atoms with Crippen molar-refractivity contribution in [3.8, 4) is 0 Å². The second-order valence-electron chi connectivity index (χ2n) is 4.52. The lowest BCUT2D eigenvalue weighted by Gasteiger charge is -2.28. The number of rotatable bonds is 6. The van der Waals surface area contributed by atoms with Crippen LogP contribution in [0, 0.1) is 5.92 Å². The lowest BCUT2D eigenvalue weighted by molar-refractivity contribution is 0.338. The van der Waals surface area contributed by atoms with Crippen LogP contribution in [-0.2, 0) is 0 Å². The van der Waals surface area contributed by atoms with E-state index in [2.05, 4.69) is 31.0 Å². The number of anilines is 1. The molecule has 0 spiro atoms. The molecule has 2 nitrogen and oxygen atoms in total. The van der Waals surface area contributed by atoms with Crippen LogP contribution in [0.1, 0.15) is 33.6 Å². The molecule has 0 bridgehead atoms. The van der Waals surface area contributed by atoms with Gasteiger partial charge in [0.25, 0.3) is 0 Å². The molecule has 0 unspecified atom stereocenters. The minimum atomic E-state index is 0.723. The third-order valence-electron chi connectivity index (χ3n) is 3.33. The van der Waals surface area contributed by atoms with Crippen LogP contribution in [0.3, 0.4) is 0 Å². The summed E-state index contributed by atoms with van der Waals surface area (Å²) in [5.74, 6) is 0.723. The molecular weight excluding hydrogens is 240 g/mol. The molecule has 0 aromatic heterocycles. The number of thiocarbonyl (C=S) groups is 1. The van der Waals surface area contributed by atoms with E-state index in [4.69, 9.17) is 12.2 Å². The van der Waals surface area contributed by atoms with Crippen LogP contribution >= 0.6 is 12.2 Å². The normalized spacial score (nSPS) is 10.4. The molecule has 0 amide bonds. The molecule has 3 heteroatoms. The van der Waals surface area contributed by atoms with E-state index in [-0.39, 0.29) is 0 Å². The highest BCUT2D eigenvalue weighted by Gasteiger charge is 2.12. The van der Waals surface area contributed by atoms with Crippen LogP contribution < -0.4 is 5.32 Å². The second-order valence-corrected chi connectivity index (χ2v) is 4.90. The third-order valence-corrected chi connectivity index (χ3v) is 3.69. The van der Waals surface area contributed by atoms with Crippen molar-refractivity contribution in [3.05, 3.63) is 30.3 Å². The Kier molecular flexibility index (Phi) is 6.73. The van der Waals surface area contributed by atoms with Crippen LogP contribution in [0.25, 0.3) is 0 Å². The molecule has 0 aliphatic rings. The van der Waals surface area contributed by atoms with Gasteiger partial charge in [0.2, 0.25) is 0 Å². The molecule has 0 aliphatic heterocycles. The maximum atomic E-state index is 5.49. The van der Waals surface area contributed by atoms with Gasteiger partial charge in [-0.1, -0.05) is 44.9 Å². The van der Waals surface area contributed by atoms with E-state index in [1.165, 1.54) is 12.8 Å². The average Bonchev–Trinajstić information content (AvgIpc) is 2.41. The van der Waals surface area contributed by atoms with E-state index in [1.807, 2.05) is 30.3 Å². The maximum absolute atomic E-state index is 5.49. The minimum absolute atomic E-state index is 0.723. The SMILES string of the molecule is CCC(CC)CN(CC)C(=S)Nc1ccccc1. The fourth-order valence-electron chi connectivity index (χ4n) is 1.94. The van der Waals surface area contributed by atoms with Gasteiger partial charge in [-0.15, -0.1) is 0 Å². The lowest BCUT2D eigenvalue weighted by Crippen LogP contribution is -2.38. The highest BCUT2D eigenvalue weighted by atomic mass is 32.1. The monoisotopic (exact) mass is 264 g/mol. The number of hydrogen-bond donors (Lipinski definition) is 1. The Balaban J connectivity index is 2.57. The molecule has 0 saturated heterocycles. The Morgan fingerprint density at radius 1 is 1.17 bits per heavy atom. The van der Waals surface area contributed by atoms with Crippen molar-refractivity contribution >= 4 is 23.0 Å². The number of para-hydroxylation sites is 1. The minimum Gasteiger partial charge on any atom is -0.349 e. The Labute approximate surface area is 116 Å². The van der Waals surface area contributed by atoms with E-state index in [0.717, 1.165) is 29.8 Å². The lowest BCUT2D eigenvalue weighted by atomic mass is 10.0. The molecule has 0 fully saturated rings. The average molecular weight is 264 g/mol. The van der Waals surface area contributed by atoms with Crippen LogP contribution in [-0.4, -0.2) is 23.1 Å². The molecule has 0 saturated carbocycles. The topological polar surface area (TPSA) is 15.3 Å². The van der Waals surface area contributed by atoms with Crippen molar-refractivity contribution in [2.24, 2.45) is 5.92 Å². The van der Waals surface area contributed by atoms with Gasteiger partial charge in [-0.05, 0) is 37.2 Å². The van der Waals surface area contributed by atoms with E-state index in [0.29, 0.717) is 0 Å². The van der Waals surface area contributed by atoms with Crippen LogP contribution in [0.2, 0.25) is 0 Å². The van der Waals surface area contributed by atoms with Crippen LogP contribution in [0.4, 0.5) is 5.69 Å². The summed E-state index contributed by atoms with van der Waals surface area (Å²) in [6.07, 6.45) is 2.42. The van der Waals surface area contributed by atoms with Gasteiger partial charge in [0.1, 0.15) is 0 Å². The molecule has 0 heterocycles. The zero-order chi connectivity index (χ0) is 13.4. The molecule has 1 N–H and O–H groups in total. The van der Waals surface area contributed by atoms with E-state index >= 15 is 0 Å². The predicted molar refractivity (Wildman–Crippen MR) is 84.0 cm³/mol. The quantitative estimate of drug-likeness (QED) is 0.777. The van der Waals surface area contributed by atoms with Crippen molar-refractivity contribution in [2.45, 2.75) is 33.6 Å². The summed E-state index contributed by atoms with van der Waals surface area (Å²) < 4.78 is 0. The number of benzene rings is 1. The van der Waals surface area contributed by atoms with Crippen molar-refractivity contribution in [3.63, 3.8) is 0 Å².